The molecular formula is C31H33ClN6O3S. The molecule has 9 nitrogen and oxygen atoms in total. The van der Waals surface area contributed by atoms with Crippen LogP contribution in [0.5, 0.6) is 11.5 Å². The van der Waals surface area contributed by atoms with E-state index in [-0.39, 0.29) is 12.0 Å². The van der Waals surface area contributed by atoms with Crippen LogP contribution in [0.3, 0.4) is 0 Å². The summed E-state index contributed by atoms with van der Waals surface area (Å²) in [5, 5.41) is 5.65. The molecule has 1 atom stereocenters. The normalized spacial score (nSPS) is 15.2. The van der Waals surface area contributed by atoms with Crippen LogP contribution in [-0.4, -0.2) is 63.0 Å². The molecule has 0 aliphatic carbocycles. The number of nitrogens with two attached hydrogens (primary N) is 1. The highest BCUT2D eigenvalue weighted by Gasteiger charge is 2.23. The molecule has 1 aliphatic heterocycles. The molecule has 0 bridgehead atoms. The standard InChI is InChI=1S/C31H33ClN6O3S/c1-19(23-5-4-6-26(29(23)32)41-22-9-11-36(2)12-10-22)17-40-27-14-28(42-30(27)31(33)39)38-18-34-24-13-20(7-8-25(24)38)21-15-35-37(3)16-21/h4-8,13-16,18-19,22H,9-12,17H2,1-3H3,(H2,33,39)/t19-/m0/s1. The lowest BCUT2D eigenvalue weighted by Gasteiger charge is -2.30. The van der Waals surface area contributed by atoms with Gasteiger partial charge in [-0.2, -0.15) is 5.10 Å². The van der Waals surface area contributed by atoms with Crippen LogP contribution in [0.25, 0.3) is 27.2 Å². The van der Waals surface area contributed by atoms with Crippen LogP contribution >= 0.6 is 22.9 Å². The van der Waals surface area contributed by atoms with Crippen molar-refractivity contribution in [3.63, 3.8) is 0 Å². The monoisotopic (exact) mass is 604 g/mol. The number of likely N-dealkylation sites (tertiary alicyclic amines) is 1. The lowest BCUT2D eigenvalue weighted by Crippen LogP contribution is -2.35. The topological polar surface area (TPSA) is 100 Å². The molecular weight excluding hydrogens is 572 g/mol. The number of piperidine rings is 1. The number of thiophene rings is 1. The van der Waals surface area contributed by atoms with Gasteiger partial charge in [0, 0.05) is 43.9 Å². The van der Waals surface area contributed by atoms with Gasteiger partial charge in [-0.15, -0.1) is 11.3 Å². The highest BCUT2D eigenvalue weighted by molar-refractivity contribution is 7.16. The summed E-state index contributed by atoms with van der Waals surface area (Å²) in [5.41, 5.74) is 10.5. The number of carbonyl (C=O) groups excluding carboxylic acids is 1. The number of ether oxygens (including phenoxy) is 2. The zero-order valence-electron chi connectivity index (χ0n) is 23.8. The quantitative estimate of drug-likeness (QED) is 0.225. The number of amides is 1. The Morgan fingerprint density at radius 1 is 1.14 bits per heavy atom. The predicted octanol–water partition coefficient (Wildman–Crippen LogP) is 5.90. The molecule has 218 valence electrons. The Morgan fingerprint density at radius 2 is 1.95 bits per heavy atom. The van der Waals surface area contributed by atoms with Gasteiger partial charge in [-0.05, 0) is 49.2 Å². The minimum atomic E-state index is -0.538. The summed E-state index contributed by atoms with van der Waals surface area (Å²) in [6.45, 7) is 4.38. The van der Waals surface area contributed by atoms with Crippen molar-refractivity contribution in [2.45, 2.75) is 31.8 Å². The van der Waals surface area contributed by atoms with E-state index in [1.165, 1.54) is 11.3 Å². The van der Waals surface area contributed by atoms with Crippen LogP contribution < -0.4 is 15.2 Å². The maximum atomic E-state index is 12.4. The number of hydrogen-bond acceptors (Lipinski definition) is 7. The van der Waals surface area contributed by atoms with Crippen LogP contribution in [0.4, 0.5) is 0 Å². The molecule has 2 N–H and O–H groups in total. The van der Waals surface area contributed by atoms with Gasteiger partial charge >= 0.3 is 0 Å². The van der Waals surface area contributed by atoms with E-state index in [1.807, 2.05) is 73.4 Å². The molecule has 0 saturated carbocycles. The molecule has 1 amide bonds. The summed E-state index contributed by atoms with van der Waals surface area (Å²) in [5.74, 6) is 0.550. The molecule has 4 heterocycles. The Hall–Kier alpha value is -3.86. The lowest BCUT2D eigenvalue weighted by atomic mass is 10.0. The summed E-state index contributed by atoms with van der Waals surface area (Å²) in [6.07, 6.45) is 7.65. The van der Waals surface area contributed by atoms with Gasteiger partial charge in [-0.3, -0.25) is 14.0 Å². The Bertz CT molecular complexity index is 1740. The highest BCUT2D eigenvalue weighted by Crippen LogP contribution is 2.37. The van der Waals surface area contributed by atoms with Crippen molar-refractivity contribution in [3.8, 4) is 27.6 Å². The third-order valence-electron chi connectivity index (χ3n) is 7.70. The second-order valence-corrected chi connectivity index (χ2v) is 12.3. The maximum absolute atomic E-state index is 12.4. The van der Waals surface area contributed by atoms with E-state index >= 15 is 0 Å². The highest BCUT2D eigenvalue weighted by atomic mass is 35.5. The number of benzene rings is 2. The molecule has 2 aromatic carbocycles. The molecule has 1 aliphatic rings. The minimum absolute atomic E-state index is 0.0532. The van der Waals surface area contributed by atoms with Crippen molar-refractivity contribution in [2.24, 2.45) is 12.8 Å². The number of primary amides is 1. The molecule has 1 fully saturated rings. The number of hydrogen-bond donors (Lipinski definition) is 1. The molecule has 0 spiro atoms. The number of imidazole rings is 1. The predicted molar refractivity (Wildman–Crippen MR) is 166 cm³/mol. The Kier molecular flexibility index (Phi) is 7.94. The van der Waals surface area contributed by atoms with Gasteiger partial charge in [0.1, 0.15) is 33.8 Å². The van der Waals surface area contributed by atoms with Crippen molar-refractivity contribution < 1.29 is 14.3 Å². The van der Waals surface area contributed by atoms with Gasteiger partial charge in [-0.1, -0.05) is 36.7 Å². The van der Waals surface area contributed by atoms with Gasteiger partial charge in [0.25, 0.3) is 5.91 Å². The Labute approximate surface area is 253 Å². The van der Waals surface area contributed by atoms with E-state index in [0.29, 0.717) is 28.0 Å². The third-order valence-corrected chi connectivity index (χ3v) is 9.24. The van der Waals surface area contributed by atoms with Crippen molar-refractivity contribution in [2.75, 3.05) is 26.7 Å². The SMILES string of the molecule is C[C@@H](COc1cc(-n2cnc3cc(-c4cnn(C)c4)ccc32)sc1C(N)=O)c1cccc(OC2CCN(C)CC2)c1Cl. The average Bonchev–Trinajstić information content (AvgIpc) is 3.71. The fourth-order valence-corrected chi connectivity index (χ4v) is 6.58. The molecule has 0 radical (unpaired) electrons. The van der Waals surface area contributed by atoms with Crippen LogP contribution in [0.15, 0.2) is 61.2 Å². The zero-order valence-corrected chi connectivity index (χ0v) is 25.4. The molecule has 5 aromatic rings. The molecule has 6 rings (SSSR count). The van der Waals surface area contributed by atoms with Crippen LogP contribution in [0.1, 0.15) is 40.9 Å². The zero-order chi connectivity index (χ0) is 29.4. The second kappa shape index (κ2) is 11.8. The molecule has 11 heteroatoms. The smallest absolute Gasteiger partial charge is 0.262 e. The van der Waals surface area contributed by atoms with Crippen molar-refractivity contribution in [3.05, 3.63) is 76.6 Å². The summed E-state index contributed by atoms with van der Waals surface area (Å²) in [7, 11) is 4.02. The van der Waals surface area contributed by atoms with Gasteiger partial charge in [-0.25, -0.2) is 4.98 Å². The lowest BCUT2D eigenvalue weighted by molar-refractivity contribution is 0.100. The minimum Gasteiger partial charge on any atom is -0.491 e. The van der Waals surface area contributed by atoms with E-state index < -0.39 is 5.91 Å². The van der Waals surface area contributed by atoms with Gasteiger partial charge in [0.05, 0.1) is 28.9 Å². The number of halogens is 1. The van der Waals surface area contributed by atoms with E-state index in [9.17, 15) is 4.79 Å². The first-order chi connectivity index (χ1) is 20.3. The summed E-state index contributed by atoms with van der Waals surface area (Å²) in [6, 6.07) is 13.8. The molecule has 1 saturated heterocycles. The van der Waals surface area contributed by atoms with Crippen molar-refractivity contribution in [1.82, 2.24) is 24.2 Å². The van der Waals surface area contributed by atoms with Crippen LogP contribution in [0, 0.1) is 0 Å². The first-order valence-corrected chi connectivity index (χ1v) is 15.1. The first kappa shape index (κ1) is 28.3. The Balaban J connectivity index is 1.19. The number of rotatable bonds is 9. The van der Waals surface area contributed by atoms with Gasteiger partial charge < -0.3 is 20.1 Å². The van der Waals surface area contributed by atoms with E-state index in [2.05, 4.69) is 22.0 Å². The third kappa shape index (κ3) is 5.74. The maximum Gasteiger partial charge on any atom is 0.262 e. The Morgan fingerprint density at radius 3 is 2.69 bits per heavy atom. The number of fused-ring (bicyclic) bond motifs is 1. The largest absolute Gasteiger partial charge is 0.491 e. The molecule has 0 unspecified atom stereocenters. The summed E-state index contributed by atoms with van der Waals surface area (Å²) < 4.78 is 16.2. The molecule has 42 heavy (non-hydrogen) atoms. The molecule has 3 aromatic heterocycles. The van der Waals surface area contributed by atoms with E-state index in [1.54, 1.807) is 11.0 Å². The number of carbonyl (C=O) groups is 1. The van der Waals surface area contributed by atoms with E-state index in [0.717, 1.165) is 58.7 Å². The van der Waals surface area contributed by atoms with Crippen molar-refractivity contribution >= 4 is 39.9 Å². The summed E-state index contributed by atoms with van der Waals surface area (Å²) in [4.78, 5) is 19.6. The van der Waals surface area contributed by atoms with Crippen LogP contribution in [-0.2, 0) is 7.05 Å². The van der Waals surface area contributed by atoms with Gasteiger partial charge in [0.15, 0.2) is 0 Å². The number of nitrogens with zero attached hydrogens (tertiary/aromatic N) is 5. The van der Waals surface area contributed by atoms with Crippen LogP contribution in [0.2, 0.25) is 5.02 Å². The second-order valence-electron chi connectivity index (χ2n) is 10.9. The fourth-order valence-electron chi connectivity index (χ4n) is 5.28. The van der Waals surface area contributed by atoms with Gasteiger partial charge in [0.2, 0.25) is 0 Å². The number of aromatic nitrogens is 4. The van der Waals surface area contributed by atoms with Crippen molar-refractivity contribution in [1.29, 1.82) is 0 Å². The summed E-state index contributed by atoms with van der Waals surface area (Å²) >= 11 is 8.09. The number of aryl methyl sites for hydroxylation is 1. The average molecular weight is 605 g/mol. The first-order valence-electron chi connectivity index (χ1n) is 13.9. The van der Waals surface area contributed by atoms with E-state index in [4.69, 9.17) is 26.8 Å². The fraction of sp³-hybridized carbons (Fsp3) is 0.323.